The van der Waals surface area contributed by atoms with Gasteiger partial charge >= 0.3 is 0 Å². The summed E-state index contributed by atoms with van der Waals surface area (Å²) in [7, 11) is 0. The molecule has 3 heterocycles. The molecule has 0 aliphatic carbocycles. The van der Waals surface area contributed by atoms with Crippen molar-refractivity contribution in [3.63, 3.8) is 0 Å². The van der Waals surface area contributed by atoms with Gasteiger partial charge < -0.3 is 15.5 Å². The Morgan fingerprint density at radius 3 is 2.10 bits per heavy atom. The first kappa shape index (κ1) is 20.6. The molecule has 3 amide bonds. The highest BCUT2D eigenvalue weighted by molar-refractivity contribution is 6.23. The van der Waals surface area contributed by atoms with Crippen molar-refractivity contribution in [2.24, 2.45) is 5.41 Å². The van der Waals surface area contributed by atoms with Crippen molar-refractivity contribution in [2.75, 3.05) is 36.8 Å². The molecule has 162 valence electrons. The predicted octanol–water partition coefficient (Wildman–Crippen LogP) is 0.998. The van der Waals surface area contributed by atoms with Crippen LogP contribution in [0.25, 0.3) is 5.69 Å². The molecule has 3 N–H and O–H groups in total. The van der Waals surface area contributed by atoms with Crippen LogP contribution in [-0.2, 0) is 4.79 Å². The zero-order valence-electron chi connectivity index (χ0n) is 17.8. The Balaban J connectivity index is 1.55. The average molecular weight is 423 g/mol. The SMILES string of the molecule is CC(C)(C)C(=O)N1CCN(c2ccc(-n3c(N)c4c(cc3=O)C(=O)NC4=O)cc2)CC1. The lowest BCUT2D eigenvalue weighted by atomic mass is 9.94. The third-order valence-corrected chi connectivity index (χ3v) is 5.63. The van der Waals surface area contributed by atoms with Crippen LogP contribution < -0.4 is 21.5 Å². The number of piperazine rings is 1. The van der Waals surface area contributed by atoms with Crippen molar-refractivity contribution < 1.29 is 14.4 Å². The van der Waals surface area contributed by atoms with Gasteiger partial charge in [0.15, 0.2) is 0 Å². The highest BCUT2D eigenvalue weighted by atomic mass is 16.2. The van der Waals surface area contributed by atoms with Crippen molar-refractivity contribution in [3.05, 3.63) is 51.8 Å². The molecule has 2 aliphatic rings. The minimum Gasteiger partial charge on any atom is -0.384 e. The number of hydrogen-bond donors (Lipinski definition) is 2. The Morgan fingerprint density at radius 2 is 1.52 bits per heavy atom. The van der Waals surface area contributed by atoms with Crippen molar-refractivity contribution in [2.45, 2.75) is 20.8 Å². The molecule has 9 nitrogen and oxygen atoms in total. The molecule has 2 aromatic rings. The lowest BCUT2D eigenvalue weighted by molar-refractivity contribution is -0.139. The number of nitrogens with one attached hydrogen (secondary N) is 1. The van der Waals surface area contributed by atoms with Crippen molar-refractivity contribution >= 4 is 29.2 Å². The summed E-state index contributed by atoms with van der Waals surface area (Å²) in [4.78, 5) is 52.9. The second-order valence-corrected chi connectivity index (χ2v) is 8.82. The molecule has 0 saturated carbocycles. The lowest BCUT2D eigenvalue weighted by Gasteiger charge is -2.38. The number of fused-ring (bicyclic) bond motifs is 1. The molecule has 0 unspecified atom stereocenters. The summed E-state index contributed by atoms with van der Waals surface area (Å²) in [6, 6.07) is 8.38. The quantitative estimate of drug-likeness (QED) is 0.696. The fourth-order valence-electron chi connectivity index (χ4n) is 4.00. The van der Waals surface area contributed by atoms with E-state index in [0.29, 0.717) is 31.9 Å². The van der Waals surface area contributed by atoms with Crippen molar-refractivity contribution in [1.82, 2.24) is 14.8 Å². The first-order chi connectivity index (χ1) is 14.6. The van der Waals surface area contributed by atoms with Gasteiger partial charge in [0.1, 0.15) is 5.82 Å². The van der Waals surface area contributed by atoms with Crippen LogP contribution in [0.3, 0.4) is 0 Å². The number of imide groups is 1. The van der Waals surface area contributed by atoms with E-state index in [-0.39, 0.29) is 22.9 Å². The second kappa shape index (κ2) is 7.26. The summed E-state index contributed by atoms with van der Waals surface area (Å²) in [5, 5.41) is 2.16. The van der Waals surface area contributed by atoms with Gasteiger partial charge in [-0.1, -0.05) is 20.8 Å². The summed E-state index contributed by atoms with van der Waals surface area (Å²) in [6.45, 7) is 8.50. The number of nitrogens with zero attached hydrogens (tertiary/aromatic N) is 3. The van der Waals surface area contributed by atoms with Gasteiger partial charge in [-0.25, -0.2) is 0 Å². The number of rotatable bonds is 2. The Bertz CT molecular complexity index is 1140. The maximum absolute atomic E-state index is 12.6. The third-order valence-electron chi connectivity index (χ3n) is 5.63. The van der Waals surface area contributed by atoms with Crippen LogP contribution in [0.4, 0.5) is 11.5 Å². The summed E-state index contributed by atoms with van der Waals surface area (Å²) in [6.07, 6.45) is 0. The molecule has 31 heavy (non-hydrogen) atoms. The summed E-state index contributed by atoms with van der Waals surface area (Å²) < 4.78 is 1.22. The minimum absolute atomic E-state index is 0.00282. The Kier molecular flexibility index (Phi) is 4.83. The predicted molar refractivity (Wildman–Crippen MR) is 116 cm³/mol. The van der Waals surface area contributed by atoms with Crippen molar-refractivity contribution in [3.8, 4) is 5.69 Å². The molecule has 1 aromatic heterocycles. The zero-order valence-corrected chi connectivity index (χ0v) is 17.8. The number of carbonyl (C=O) groups is 3. The number of nitrogen functional groups attached to an aromatic ring is 1. The topological polar surface area (TPSA) is 118 Å². The molecule has 4 rings (SSSR count). The fourth-order valence-corrected chi connectivity index (χ4v) is 4.00. The van der Waals surface area contributed by atoms with Crippen LogP contribution in [0, 0.1) is 5.41 Å². The lowest BCUT2D eigenvalue weighted by Crippen LogP contribution is -2.51. The molecule has 9 heteroatoms. The third kappa shape index (κ3) is 3.56. The number of anilines is 2. The number of benzene rings is 1. The molecule has 0 atom stereocenters. The standard InChI is InChI=1S/C22H25N5O4/c1-22(2,3)21(31)26-10-8-25(9-11-26)13-4-6-14(7-5-13)27-16(28)12-15-17(18(27)23)20(30)24-19(15)29/h4-7,12H,8-11,23H2,1-3H3,(H,24,29,30). The molecule has 0 radical (unpaired) electrons. The van der Waals surface area contributed by atoms with E-state index in [0.717, 1.165) is 11.8 Å². The molecule has 1 fully saturated rings. The molecule has 2 aliphatic heterocycles. The van der Waals surface area contributed by atoms with E-state index in [1.165, 1.54) is 4.57 Å². The van der Waals surface area contributed by atoms with Gasteiger partial charge in [0, 0.05) is 43.3 Å². The molecule has 1 aromatic carbocycles. The Labute approximate surface area is 179 Å². The summed E-state index contributed by atoms with van der Waals surface area (Å²) in [5.41, 5.74) is 6.70. The van der Waals surface area contributed by atoms with E-state index in [4.69, 9.17) is 5.73 Å². The van der Waals surface area contributed by atoms with E-state index >= 15 is 0 Å². The molecular formula is C22H25N5O4. The van der Waals surface area contributed by atoms with E-state index in [1.807, 2.05) is 37.8 Å². The molecule has 0 spiro atoms. The van der Waals surface area contributed by atoms with Crippen molar-refractivity contribution in [1.29, 1.82) is 0 Å². The van der Waals surface area contributed by atoms with Gasteiger partial charge in [-0.15, -0.1) is 0 Å². The van der Waals surface area contributed by atoms with Crippen LogP contribution in [0.1, 0.15) is 41.5 Å². The second-order valence-electron chi connectivity index (χ2n) is 8.82. The van der Waals surface area contributed by atoms with Gasteiger partial charge in [0.25, 0.3) is 17.4 Å². The molecule has 0 bridgehead atoms. The largest absolute Gasteiger partial charge is 0.384 e. The van der Waals surface area contributed by atoms with Gasteiger partial charge in [0.05, 0.1) is 16.8 Å². The monoisotopic (exact) mass is 423 g/mol. The van der Waals surface area contributed by atoms with Crippen LogP contribution >= 0.6 is 0 Å². The van der Waals surface area contributed by atoms with E-state index in [2.05, 4.69) is 10.2 Å². The van der Waals surface area contributed by atoms with Gasteiger partial charge in [-0.3, -0.25) is 29.1 Å². The molecule has 1 saturated heterocycles. The summed E-state index contributed by atoms with van der Waals surface area (Å²) >= 11 is 0. The maximum atomic E-state index is 12.6. The number of amides is 3. The highest BCUT2D eigenvalue weighted by Gasteiger charge is 2.32. The highest BCUT2D eigenvalue weighted by Crippen LogP contribution is 2.25. The zero-order chi connectivity index (χ0) is 22.5. The molecular weight excluding hydrogens is 398 g/mol. The summed E-state index contributed by atoms with van der Waals surface area (Å²) in [5.74, 6) is -1.13. The number of carbonyl (C=O) groups excluding carboxylic acids is 3. The smallest absolute Gasteiger partial charge is 0.262 e. The van der Waals surface area contributed by atoms with Crippen LogP contribution in [-0.4, -0.2) is 53.4 Å². The van der Waals surface area contributed by atoms with Gasteiger partial charge in [-0.05, 0) is 24.3 Å². The first-order valence-corrected chi connectivity index (χ1v) is 10.1. The minimum atomic E-state index is -0.615. The van der Waals surface area contributed by atoms with Crippen LogP contribution in [0.5, 0.6) is 0 Å². The number of aromatic nitrogens is 1. The van der Waals surface area contributed by atoms with E-state index in [1.54, 1.807) is 12.1 Å². The van der Waals surface area contributed by atoms with Crippen LogP contribution in [0.2, 0.25) is 0 Å². The average Bonchev–Trinajstić information content (AvgIpc) is 3.01. The number of nitrogens with two attached hydrogens (primary N) is 1. The van der Waals surface area contributed by atoms with Gasteiger partial charge in [0.2, 0.25) is 5.91 Å². The first-order valence-electron chi connectivity index (χ1n) is 10.1. The maximum Gasteiger partial charge on any atom is 0.262 e. The van der Waals surface area contributed by atoms with Crippen LogP contribution in [0.15, 0.2) is 35.1 Å². The van der Waals surface area contributed by atoms with E-state index < -0.39 is 22.8 Å². The fraction of sp³-hybridized carbons (Fsp3) is 0.364. The normalized spacial score (nSPS) is 16.4. The Morgan fingerprint density at radius 1 is 0.935 bits per heavy atom. The number of pyridine rings is 1. The number of hydrogen-bond acceptors (Lipinski definition) is 6. The van der Waals surface area contributed by atoms with Gasteiger partial charge in [-0.2, -0.15) is 0 Å². The Hall–Kier alpha value is -3.62. The van der Waals surface area contributed by atoms with E-state index in [9.17, 15) is 19.2 Å².